The van der Waals surface area contributed by atoms with Crippen LogP contribution in [-0.2, 0) is 9.53 Å². The van der Waals surface area contributed by atoms with Gasteiger partial charge in [0.2, 0.25) is 5.91 Å². The summed E-state index contributed by atoms with van der Waals surface area (Å²) in [5, 5.41) is 0. The van der Waals surface area contributed by atoms with Gasteiger partial charge < -0.3 is 14.5 Å². The number of rotatable bonds is 13. The fourth-order valence-corrected chi connectivity index (χ4v) is 2.68. The molecular formula is C19H32N4O3. The molecule has 0 unspecified atom stereocenters. The van der Waals surface area contributed by atoms with Crippen LogP contribution in [0.2, 0.25) is 0 Å². The van der Waals surface area contributed by atoms with Gasteiger partial charge in [0.25, 0.3) is 5.91 Å². The number of nitrogens with zero attached hydrogens (tertiary/aromatic N) is 4. The van der Waals surface area contributed by atoms with E-state index in [0.29, 0.717) is 38.4 Å². The molecule has 0 N–H and O–H groups in total. The second-order valence-corrected chi connectivity index (χ2v) is 6.06. The summed E-state index contributed by atoms with van der Waals surface area (Å²) in [5.41, 5.74) is 0.301. The lowest BCUT2D eigenvalue weighted by atomic mass is 10.2. The minimum absolute atomic E-state index is 0.0930. The highest BCUT2D eigenvalue weighted by Gasteiger charge is 2.19. The third-order valence-corrected chi connectivity index (χ3v) is 3.93. The summed E-state index contributed by atoms with van der Waals surface area (Å²) < 4.78 is 5.36. The predicted octanol–water partition coefficient (Wildman–Crippen LogP) is 2.38. The molecule has 0 saturated carbocycles. The molecule has 7 heteroatoms. The van der Waals surface area contributed by atoms with E-state index >= 15 is 0 Å². The molecule has 0 atom stereocenters. The van der Waals surface area contributed by atoms with Gasteiger partial charge in [-0.25, -0.2) is 4.98 Å². The van der Waals surface area contributed by atoms with Gasteiger partial charge >= 0.3 is 0 Å². The van der Waals surface area contributed by atoms with Gasteiger partial charge in [0.15, 0.2) is 0 Å². The number of ether oxygens (including phenoxy) is 1. The van der Waals surface area contributed by atoms with Gasteiger partial charge in [-0.3, -0.25) is 14.6 Å². The second kappa shape index (κ2) is 13.2. The molecule has 1 aromatic rings. The summed E-state index contributed by atoms with van der Waals surface area (Å²) >= 11 is 0. The first-order valence-electron chi connectivity index (χ1n) is 9.54. The van der Waals surface area contributed by atoms with Crippen molar-refractivity contribution >= 4 is 11.8 Å². The Morgan fingerprint density at radius 3 is 2.31 bits per heavy atom. The quantitative estimate of drug-likeness (QED) is 0.502. The van der Waals surface area contributed by atoms with Crippen molar-refractivity contribution < 1.29 is 14.3 Å². The number of amides is 2. The summed E-state index contributed by atoms with van der Waals surface area (Å²) in [6, 6.07) is 0. The molecule has 1 aromatic heterocycles. The van der Waals surface area contributed by atoms with E-state index < -0.39 is 0 Å². The summed E-state index contributed by atoms with van der Waals surface area (Å²) in [7, 11) is 0. The van der Waals surface area contributed by atoms with Crippen LogP contribution >= 0.6 is 0 Å². The van der Waals surface area contributed by atoms with Gasteiger partial charge in [0.05, 0.1) is 6.20 Å². The minimum atomic E-state index is -0.195. The van der Waals surface area contributed by atoms with Crippen molar-refractivity contribution in [3.63, 3.8) is 0 Å². The Morgan fingerprint density at radius 2 is 1.73 bits per heavy atom. The number of hydrogen-bond donors (Lipinski definition) is 0. The smallest absolute Gasteiger partial charge is 0.274 e. The molecule has 0 aliphatic rings. The zero-order chi connectivity index (χ0) is 19.2. The average molecular weight is 364 g/mol. The monoisotopic (exact) mass is 364 g/mol. The van der Waals surface area contributed by atoms with Crippen molar-refractivity contribution in [1.82, 2.24) is 19.8 Å². The van der Waals surface area contributed by atoms with Crippen LogP contribution in [0.5, 0.6) is 0 Å². The van der Waals surface area contributed by atoms with Gasteiger partial charge in [0, 0.05) is 58.2 Å². The third kappa shape index (κ3) is 7.91. The molecule has 1 heterocycles. The Kier molecular flexibility index (Phi) is 11.2. The molecule has 0 saturated heterocycles. The number of hydrogen-bond acceptors (Lipinski definition) is 5. The Labute approximate surface area is 156 Å². The predicted molar refractivity (Wildman–Crippen MR) is 101 cm³/mol. The van der Waals surface area contributed by atoms with Crippen LogP contribution in [-0.4, -0.2) is 71.0 Å². The van der Waals surface area contributed by atoms with Crippen molar-refractivity contribution in [3.8, 4) is 0 Å². The number of aromatic nitrogens is 2. The SMILES string of the molecule is CCCN(CCC)C(=O)CCN(CCCOCC)C(=O)c1cnccn1. The standard InChI is InChI=1S/C19H32N4O3/c1-4-11-22(12-5-2)18(24)8-14-23(13-7-15-26-6-3)19(25)17-16-20-9-10-21-17/h9-10,16H,4-8,11-15H2,1-3H3. The normalized spacial score (nSPS) is 10.6. The number of carbonyl (C=O) groups is 2. The second-order valence-electron chi connectivity index (χ2n) is 6.06. The molecule has 26 heavy (non-hydrogen) atoms. The zero-order valence-electron chi connectivity index (χ0n) is 16.3. The van der Waals surface area contributed by atoms with Gasteiger partial charge in [-0.2, -0.15) is 0 Å². The molecule has 0 bridgehead atoms. The van der Waals surface area contributed by atoms with Crippen LogP contribution in [0.4, 0.5) is 0 Å². The molecule has 146 valence electrons. The highest BCUT2D eigenvalue weighted by atomic mass is 16.5. The van der Waals surface area contributed by atoms with E-state index in [1.807, 2.05) is 11.8 Å². The summed E-state index contributed by atoms with van der Waals surface area (Å²) in [5.74, 6) is -0.101. The van der Waals surface area contributed by atoms with Crippen LogP contribution in [0.15, 0.2) is 18.6 Å². The maximum absolute atomic E-state index is 12.7. The van der Waals surface area contributed by atoms with E-state index in [0.717, 1.165) is 32.4 Å². The summed E-state index contributed by atoms with van der Waals surface area (Å²) in [6.07, 6.45) is 7.40. The van der Waals surface area contributed by atoms with Gasteiger partial charge in [-0.15, -0.1) is 0 Å². The van der Waals surface area contributed by atoms with Gasteiger partial charge in [0.1, 0.15) is 5.69 Å². The molecule has 7 nitrogen and oxygen atoms in total. The van der Waals surface area contributed by atoms with Crippen LogP contribution in [0.25, 0.3) is 0 Å². The van der Waals surface area contributed by atoms with E-state index in [2.05, 4.69) is 23.8 Å². The summed E-state index contributed by atoms with van der Waals surface area (Å²) in [6.45, 7) is 9.74. The van der Waals surface area contributed by atoms with E-state index in [9.17, 15) is 9.59 Å². The maximum Gasteiger partial charge on any atom is 0.274 e. The van der Waals surface area contributed by atoms with Crippen LogP contribution in [0, 0.1) is 0 Å². The Hall–Kier alpha value is -2.02. The number of carbonyl (C=O) groups excluding carboxylic acids is 2. The molecule has 2 amide bonds. The lowest BCUT2D eigenvalue weighted by Crippen LogP contribution is -2.38. The average Bonchev–Trinajstić information content (AvgIpc) is 2.67. The minimum Gasteiger partial charge on any atom is -0.382 e. The first kappa shape index (κ1) is 22.0. The molecule has 0 aliphatic carbocycles. The summed E-state index contributed by atoms with van der Waals surface area (Å²) in [4.78, 5) is 36.8. The van der Waals surface area contributed by atoms with Gasteiger partial charge in [-0.1, -0.05) is 13.8 Å². The van der Waals surface area contributed by atoms with Crippen LogP contribution in [0.1, 0.15) is 56.9 Å². The Bertz CT molecular complexity index is 519. The maximum atomic E-state index is 12.7. The van der Waals surface area contributed by atoms with Crippen molar-refractivity contribution in [2.45, 2.75) is 46.5 Å². The fourth-order valence-electron chi connectivity index (χ4n) is 2.68. The highest BCUT2D eigenvalue weighted by molar-refractivity contribution is 5.92. The van der Waals surface area contributed by atoms with Crippen molar-refractivity contribution in [2.75, 3.05) is 39.4 Å². The van der Waals surface area contributed by atoms with Crippen LogP contribution in [0.3, 0.4) is 0 Å². The van der Waals surface area contributed by atoms with E-state index in [4.69, 9.17) is 4.74 Å². The van der Waals surface area contributed by atoms with Crippen LogP contribution < -0.4 is 0 Å². The fraction of sp³-hybridized carbons (Fsp3) is 0.684. The first-order valence-corrected chi connectivity index (χ1v) is 9.54. The topological polar surface area (TPSA) is 75.6 Å². The molecule has 0 aliphatic heterocycles. The van der Waals surface area contributed by atoms with Crippen molar-refractivity contribution in [1.29, 1.82) is 0 Å². The molecule has 0 spiro atoms. The lowest BCUT2D eigenvalue weighted by molar-refractivity contribution is -0.131. The molecule has 0 aromatic carbocycles. The van der Waals surface area contributed by atoms with Crippen molar-refractivity contribution in [2.24, 2.45) is 0 Å². The Balaban J connectivity index is 2.68. The molecule has 1 rings (SSSR count). The van der Waals surface area contributed by atoms with Gasteiger partial charge in [-0.05, 0) is 26.2 Å². The zero-order valence-corrected chi connectivity index (χ0v) is 16.3. The highest BCUT2D eigenvalue weighted by Crippen LogP contribution is 2.06. The molecule has 0 fully saturated rings. The van der Waals surface area contributed by atoms with E-state index in [1.165, 1.54) is 18.6 Å². The van der Waals surface area contributed by atoms with E-state index in [1.54, 1.807) is 4.90 Å². The largest absolute Gasteiger partial charge is 0.382 e. The Morgan fingerprint density at radius 1 is 1.00 bits per heavy atom. The first-order chi connectivity index (χ1) is 12.6. The third-order valence-electron chi connectivity index (χ3n) is 3.93. The van der Waals surface area contributed by atoms with E-state index in [-0.39, 0.29) is 11.8 Å². The van der Waals surface area contributed by atoms with Crippen molar-refractivity contribution in [3.05, 3.63) is 24.3 Å². The molecule has 0 radical (unpaired) electrons. The lowest BCUT2D eigenvalue weighted by Gasteiger charge is -2.25. The molecular weight excluding hydrogens is 332 g/mol.